The van der Waals surface area contributed by atoms with E-state index in [1.165, 1.54) is 5.56 Å². The molecule has 3 rings (SSSR count). The molecule has 2 fully saturated rings. The molecule has 1 aromatic carbocycles. The van der Waals surface area contributed by atoms with Crippen molar-refractivity contribution in [2.24, 2.45) is 11.7 Å². The van der Waals surface area contributed by atoms with Crippen molar-refractivity contribution in [3.63, 3.8) is 0 Å². The molecule has 3 atom stereocenters. The molecule has 2 heterocycles. The van der Waals surface area contributed by atoms with Gasteiger partial charge in [-0.05, 0) is 24.8 Å². The Kier molecular flexibility index (Phi) is 7.07. The molecule has 0 radical (unpaired) electrons. The minimum absolute atomic E-state index is 0. The SMILES string of the molecule is CC(C)C(=O)N1CCCCC1C(=O)N1C[C@@H](N)[C@H](c2ccccc2)C1.Cl. The summed E-state index contributed by atoms with van der Waals surface area (Å²) in [5.41, 5.74) is 7.52. The zero-order valence-corrected chi connectivity index (χ0v) is 16.5. The number of piperidine rings is 1. The van der Waals surface area contributed by atoms with Gasteiger partial charge in [-0.3, -0.25) is 9.59 Å². The predicted octanol–water partition coefficient (Wildman–Crippen LogP) is 2.40. The maximum absolute atomic E-state index is 13.1. The summed E-state index contributed by atoms with van der Waals surface area (Å²) in [6, 6.07) is 9.80. The Balaban J connectivity index is 0.00000243. The van der Waals surface area contributed by atoms with Gasteiger partial charge in [-0.15, -0.1) is 12.4 Å². The summed E-state index contributed by atoms with van der Waals surface area (Å²) < 4.78 is 0. The lowest BCUT2D eigenvalue weighted by Crippen LogP contribution is -2.53. The van der Waals surface area contributed by atoms with Gasteiger partial charge in [-0.1, -0.05) is 44.2 Å². The number of carbonyl (C=O) groups is 2. The quantitative estimate of drug-likeness (QED) is 0.876. The van der Waals surface area contributed by atoms with Crippen molar-refractivity contribution in [2.75, 3.05) is 19.6 Å². The van der Waals surface area contributed by atoms with Gasteiger partial charge in [-0.2, -0.15) is 0 Å². The van der Waals surface area contributed by atoms with Crippen LogP contribution in [0.4, 0.5) is 0 Å². The molecule has 1 aromatic rings. The summed E-state index contributed by atoms with van der Waals surface area (Å²) in [6.07, 6.45) is 2.74. The molecule has 1 unspecified atom stereocenters. The van der Waals surface area contributed by atoms with Gasteiger partial charge in [-0.25, -0.2) is 0 Å². The van der Waals surface area contributed by atoms with E-state index >= 15 is 0 Å². The first-order valence-electron chi connectivity index (χ1n) is 9.39. The van der Waals surface area contributed by atoms with E-state index in [2.05, 4.69) is 12.1 Å². The number of benzene rings is 1. The van der Waals surface area contributed by atoms with Crippen molar-refractivity contribution < 1.29 is 9.59 Å². The van der Waals surface area contributed by atoms with Crippen LogP contribution >= 0.6 is 12.4 Å². The number of amides is 2. The second-order valence-corrected chi connectivity index (χ2v) is 7.62. The zero-order chi connectivity index (χ0) is 18.0. The highest BCUT2D eigenvalue weighted by Gasteiger charge is 2.40. The fourth-order valence-electron chi connectivity index (χ4n) is 4.06. The first kappa shape index (κ1) is 20.7. The molecule has 6 heteroatoms. The Morgan fingerprint density at radius 3 is 2.46 bits per heavy atom. The molecule has 0 bridgehead atoms. The maximum atomic E-state index is 13.1. The zero-order valence-electron chi connectivity index (χ0n) is 15.6. The average molecular weight is 380 g/mol. The van der Waals surface area contributed by atoms with Gasteiger partial charge < -0.3 is 15.5 Å². The largest absolute Gasteiger partial charge is 0.339 e. The molecule has 5 nitrogen and oxygen atoms in total. The highest BCUT2D eigenvalue weighted by molar-refractivity contribution is 5.89. The van der Waals surface area contributed by atoms with Crippen molar-refractivity contribution in [3.8, 4) is 0 Å². The van der Waals surface area contributed by atoms with Crippen LogP contribution < -0.4 is 5.73 Å². The maximum Gasteiger partial charge on any atom is 0.245 e. The second kappa shape index (κ2) is 8.87. The van der Waals surface area contributed by atoms with E-state index in [-0.39, 0.29) is 48.1 Å². The smallest absolute Gasteiger partial charge is 0.245 e. The fraction of sp³-hybridized carbons (Fsp3) is 0.600. The van der Waals surface area contributed by atoms with Crippen molar-refractivity contribution >= 4 is 24.2 Å². The van der Waals surface area contributed by atoms with Crippen LogP contribution in [0.25, 0.3) is 0 Å². The molecule has 26 heavy (non-hydrogen) atoms. The third-order valence-corrected chi connectivity index (χ3v) is 5.47. The van der Waals surface area contributed by atoms with Crippen LogP contribution in [0.1, 0.15) is 44.6 Å². The van der Waals surface area contributed by atoms with Gasteiger partial charge in [0, 0.05) is 37.5 Å². The van der Waals surface area contributed by atoms with Gasteiger partial charge in [0.05, 0.1) is 0 Å². The molecule has 2 amide bonds. The van der Waals surface area contributed by atoms with Gasteiger partial charge in [0.15, 0.2) is 0 Å². The molecule has 144 valence electrons. The molecule has 2 aliphatic rings. The van der Waals surface area contributed by atoms with Crippen LogP contribution in [0.15, 0.2) is 30.3 Å². The minimum Gasteiger partial charge on any atom is -0.339 e. The average Bonchev–Trinajstić information content (AvgIpc) is 3.03. The lowest BCUT2D eigenvalue weighted by molar-refractivity contribution is -0.149. The summed E-state index contributed by atoms with van der Waals surface area (Å²) in [5.74, 6) is 0.248. The Hall–Kier alpha value is -1.59. The molecule has 0 aromatic heterocycles. The summed E-state index contributed by atoms with van der Waals surface area (Å²) in [7, 11) is 0. The third kappa shape index (κ3) is 4.21. The predicted molar refractivity (Wildman–Crippen MR) is 105 cm³/mol. The Morgan fingerprint density at radius 1 is 1.12 bits per heavy atom. The number of hydrogen-bond acceptors (Lipinski definition) is 3. The van der Waals surface area contributed by atoms with E-state index in [0.29, 0.717) is 19.6 Å². The number of nitrogens with zero attached hydrogens (tertiary/aromatic N) is 2. The van der Waals surface area contributed by atoms with Crippen molar-refractivity contribution in [1.29, 1.82) is 0 Å². The number of likely N-dealkylation sites (tertiary alicyclic amines) is 2. The van der Waals surface area contributed by atoms with Crippen LogP contribution in [0.5, 0.6) is 0 Å². The topological polar surface area (TPSA) is 66.6 Å². The molecule has 2 aliphatic heterocycles. The summed E-state index contributed by atoms with van der Waals surface area (Å²) in [6.45, 7) is 5.70. The Morgan fingerprint density at radius 2 is 1.81 bits per heavy atom. The molecule has 0 aliphatic carbocycles. The number of carbonyl (C=O) groups excluding carboxylic acids is 2. The lowest BCUT2D eigenvalue weighted by Gasteiger charge is -2.37. The Bertz CT molecular complexity index is 623. The number of halogens is 1. The first-order chi connectivity index (χ1) is 12.0. The fourth-order valence-corrected chi connectivity index (χ4v) is 4.06. The van der Waals surface area contributed by atoms with E-state index in [0.717, 1.165) is 19.3 Å². The molecular formula is C20H30ClN3O2. The molecule has 2 N–H and O–H groups in total. The first-order valence-corrected chi connectivity index (χ1v) is 9.39. The second-order valence-electron chi connectivity index (χ2n) is 7.62. The van der Waals surface area contributed by atoms with Crippen LogP contribution in [0, 0.1) is 5.92 Å². The summed E-state index contributed by atoms with van der Waals surface area (Å²) in [4.78, 5) is 29.3. The summed E-state index contributed by atoms with van der Waals surface area (Å²) in [5, 5.41) is 0. The van der Waals surface area contributed by atoms with Gasteiger partial charge in [0.25, 0.3) is 0 Å². The van der Waals surface area contributed by atoms with E-state index in [1.54, 1.807) is 4.90 Å². The standard InChI is InChI=1S/C20H29N3O2.ClH/c1-14(2)19(24)23-11-7-6-10-18(23)20(25)22-12-16(17(21)13-22)15-8-4-3-5-9-15;/h3-5,8-9,14,16-18H,6-7,10-13,21H2,1-2H3;1H/t16-,17+,18?;/m0./s1. The van der Waals surface area contributed by atoms with Crippen LogP contribution in [-0.4, -0.2) is 53.3 Å². The number of hydrogen-bond donors (Lipinski definition) is 1. The van der Waals surface area contributed by atoms with Crippen molar-refractivity contribution in [2.45, 2.75) is 51.1 Å². The lowest BCUT2D eigenvalue weighted by atomic mass is 9.95. The summed E-state index contributed by atoms with van der Waals surface area (Å²) >= 11 is 0. The number of rotatable bonds is 3. The molecule has 0 saturated carbocycles. The molecule has 0 spiro atoms. The van der Waals surface area contributed by atoms with E-state index in [4.69, 9.17) is 5.73 Å². The number of nitrogens with two attached hydrogens (primary N) is 1. The third-order valence-electron chi connectivity index (χ3n) is 5.47. The van der Waals surface area contributed by atoms with Crippen LogP contribution in [0.2, 0.25) is 0 Å². The molecular weight excluding hydrogens is 350 g/mol. The highest BCUT2D eigenvalue weighted by Crippen LogP contribution is 2.29. The highest BCUT2D eigenvalue weighted by atomic mass is 35.5. The monoisotopic (exact) mass is 379 g/mol. The van der Waals surface area contributed by atoms with E-state index in [1.807, 2.05) is 36.9 Å². The van der Waals surface area contributed by atoms with E-state index < -0.39 is 0 Å². The van der Waals surface area contributed by atoms with Gasteiger partial charge in [0.2, 0.25) is 11.8 Å². The van der Waals surface area contributed by atoms with Gasteiger partial charge in [0.1, 0.15) is 6.04 Å². The minimum atomic E-state index is -0.314. The van der Waals surface area contributed by atoms with Crippen LogP contribution in [0.3, 0.4) is 0 Å². The Labute approximate surface area is 162 Å². The van der Waals surface area contributed by atoms with E-state index in [9.17, 15) is 9.59 Å². The normalized spacial score (nSPS) is 25.9. The van der Waals surface area contributed by atoms with Crippen molar-refractivity contribution in [1.82, 2.24) is 9.80 Å². The molecule has 2 saturated heterocycles. The van der Waals surface area contributed by atoms with Crippen molar-refractivity contribution in [3.05, 3.63) is 35.9 Å². The van der Waals surface area contributed by atoms with Crippen LogP contribution in [-0.2, 0) is 9.59 Å². The van der Waals surface area contributed by atoms with Gasteiger partial charge >= 0.3 is 0 Å².